The molecule has 0 aliphatic heterocycles. The molecule has 0 unspecified atom stereocenters. The van der Waals surface area contributed by atoms with Gasteiger partial charge in [-0.2, -0.15) is 5.10 Å². The first-order valence-corrected chi connectivity index (χ1v) is 9.94. The van der Waals surface area contributed by atoms with Crippen molar-refractivity contribution >= 4 is 43.8 Å². The summed E-state index contributed by atoms with van der Waals surface area (Å²) in [5.74, 6) is 0.589. The van der Waals surface area contributed by atoms with E-state index in [2.05, 4.69) is 26.5 Å². The summed E-state index contributed by atoms with van der Waals surface area (Å²) in [7, 11) is -3.62. The molecule has 0 radical (unpaired) electrons. The normalized spacial score (nSPS) is 11.7. The molecule has 2 rings (SSSR count). The Morgan fingerprint density at radius 1 is 1.36 bits per heavy atom. The SMILES string of the molecule is Cc1ccccc1N(CC(=O)N/N=C/c1cc(Br)c(C)o1)S(C)(=O)=O. The monoisotopic (exact) mass is 427 g/mol. The number of carbonyl (C=O) groups is 1. The number of furan rings is 1. The summed E-state index contributed by atoms with van der Waals surface area (Å²) in [6.45, 7) is 3.19. The molecule has 1 heterocycles. The average molecular weight is 428 g/mol. The number of nitrogens with one attached hydrogen (secondary N) is 1. The fourth-order valence-electron chi connectivity index (χ4n) is 2.10. The molecule has 1 aromatic carbocycles. The highest BCUT2D eigenvalue weighted by atomic mass is 79.9. The third-order valence-electron chi connectivity index (χ3n) is 3.33. The zero-order chi connectivity index (χ0) is 18.6. The molecule has 1 N–H and O–H groups in total. The molecule has 0 fully saturated rings. The van der Waals surface area contributed by atoms with Crippen LogP contribution in [0.15, 0.2) is 44.3 Å². The van der Waals surface area contributed by atoms with E-state index in [1.807, 2.05) is 0 Å². The summed E-state index contributed by atoms with van der Waals surface area (Å²) < 4.78 is 31.3. The van der Waals surface area contributed by atoms with Gasteiger partial charge >= 0.3 is 0 Å². The number of anilines is 1. The fraction of sp³-hybridized carbons (Fsp3) is 0.250. The Bertz CT molecular complexity index is 886. The summed E-state index contributed by atoms with van der Waals surface area (Å²) in [6.07, 6.45) is 2.40. The van der Waals surface area contributed by atoms with E-state index < -0.39 is 15.9 Å². The van der Waals surface area contributed by atoms with Crippen molar-refractivity contribution in [3.05, 3.63) is 51.9 Å². The number of hydrogen-bond donors (Lipinski definition) is 1. The topological polar surface area (TPSA) is 92.0 Å². The van der Waals surface area contributed by atoms with Gasteiger partial charge in [0.05, 0.1) is 22.6 Å². The molecule has 0 aliphatic rings. The standard InChI is InChI=1S/C16H18BrN3O4S/c1-11-6-4-5-7-15(11)20(25(3,22)23)10-16(21)19-18-9-13-8-14(17)12(2)24-13/h4-9H,10H2,1-3H3,(H,19,21)/b18-9+. The average Bonchev–Trinajstić information content (AvgIpc) is 2.83. The zero-order valence-electron chi connectivity index (χ0n) is 14.0. The molecule has 0 aliphatic carbocycles. The van der Waals surface area contributed by atoms with Crippen LogP contribution in [-0.4, -0.2) is 33.3 Å². The molecule has 0 bridgehead atoms. The van der Waals surface area contributed by atoms with Gasteiger partial charge in [0.25, 0.3) is 5.91 Å². The molecule has 2 aromatic rings. The molecule has 1 aromatic heterocycles. The van der Waals surface area contributed by atoms with Gasteiger partial charge < -0.3 is 4.42 Å². The van der Waals surface area contributed by atoms with E-state index in [1.54, 1.807) is 44.2 Å². The van der Waals surface area contributed by atoms with Gasteiger partial charge in [0.1, 0.15) is 18.1 Å². The van der Waals surface area contributed by atoms with Gasteiger partial charge in [-0.15, -0.1) is 0 Å². The van der Waals surface area contributed by atoms with Crippen molar-refractivity contribution in [2.45, 2.75) is 13.8 Å². The Hall–Kier alpha value is -2.13. The van der Waals surface area contributed by atoms with Gasteiger partial charge in [0.2, 0.25) is 10.0 Å². The molecule has 134 valence electrons. The minimum Gasteiger partial charge on any atom is -0.459 e. The lowest BCUT2D eigenvalue weighted by molar-refractivity contribution is -0.119. The van der Waals surface area contributed by atoms with Crippen LogP contribution in [0.3, 0.4) is 0 Å². The summed E-state index contributed by atoms with van der Waals surface area (Å²) in [5, 5.41) is 3.79. The third-order valence-corrected chi connectivity index (χ3v) is 5.24. The van der Waals surface area contributed by atoms with E-state index in [-0.39, 0.29) is 6.54 Å². The molecule has 0 saturated heterocycles. The van der Waals surface area contributed by atoms with E-state index in [1.165, 1.54) is 6.21 Å². The van der Waals surface area contributed by atoms with Gasteiger partial charge in [-0.05, 0) is 41.4 Å². The number of carbonyl (C=O) groups excluding carboxylic acids is 1. The van der Waals surface area contributed by atoms with Gasteiger partial charge in [0.15, 0.2) is 0 Å². The predicted octanol–water partition coefficient (Wildman–Crippen LogP) is 2.58. The number of benzene rings is 1. The number of para-hydroxylation sites is 1. The first-order valence-electron chi connectivity index (χ1n) is 7.29. The van der Waals surface area contributed by atoms with E-state index >= 15 is 0 Å². The Labute approximate surface area is 154 Å². The molecular weight excluding hydrogens is 410 g/mol. The summed E-state index contributed by atoms with van der Waals surface area (Å²) in [6, 6.07) is 8.65. The minimum atomic E-state index is -3.62. The van der Waals surface area contributed by atoms with Crippen molar-refractivity contribution in [2.24, 2.45) is 5.10 Å². The van der Waals surface area contributed by atoms with Gasteiger partial charge in [-0.25, -0.2) is 13.8 Å². The molecule has 0 atom stereocenters. The van der Waals surface area contributed by atoms with E-state index in [9.17, 15) is 13.2 Å². The van der Waals surface area contributed by atoms with E-state index in [0.29, 0.717) is 17.2 Å². The summed E-state index contributed by atoms with van der Waals surface area (Å²) >= 11 is 3.31. The maximum absolute atomic E-state index is 12.1. The van der Waals surface area contributed by atoms with Crippen LogP contribution in [0, 0.1) is 13.8 Å². The second-order valence-corrected chi connectivity index (χ2v) is 8.16. The maximum Gasteiger partial charge on any atom is 0.260 e. The van der Waals surface area contributed by atoms with E-state index in [4.69, 9.17) is 4.42 Å². The van der Waals surface area contributed by atoms with Gasteiger partial charge in [-0.3, -0.25) is 9.10 Å². The first kappa shape index (κ1) is 19.2. The Balaban J connectivity index is 2.09. The van der Waals surface area contributed by atoms with Crippen molar-refractivity contribution in [1.29, 1.82) is 0 Å². The number of aryl methyl sites for hydroxylation is 2. The second kappa shape index (κ2) is 7.83. The van der Waals surface area contributed by atoms with Crippen molar-refractivity contribution in [3.8, 4) is 0 Å². The quantitative estimate of drug-likeness (QED) is 0.566. The number of hydrogen-bond acceptors (Lipinski definition) is 5. The van der Waals surface area contributed by atoms with Crippen LogP contribution in [0.5, 0.6) is 0 Å². The number of sulfonamides is 1. The van der Waals surface area contributed by atoms with Gasteiger partial charge in [-0.1, -0.05) is 18.2 Å². The summed E-state index contributed by atoms with van der Waals surface area (Å²) in [5.41, 5.74) is 3.50. The number of nitrogens with zero attached hydrogens (tertiary/aromatic N) is 2. The largest absolute Gasteiger partial charge is 0.459 e. The van der Waals surface area contributed by atoms with Crippen molar-refractivity contribution in [1.82, 2.24) is 5.43 Å². The Morgan fingerprint density at radius 2 is 2.04 bits per heavy atom. The lowest BCUT2D eigenvalue weighted by Gasteiger charge is -2.22. The summed E-state index contributed by atoms with van der Waals surface area (Å²) in [4.78, 5) is 12.1. The van der Waals surface area contributed by atoms with Crippen molar-refractivity contribution < 1.29 is 17.6 Å². The number of hydrazone groups is 1. The first-order chi connectivity index (χ1) is 11.7. The Morgan fingerprint density at radius 3 is 2.60 bits per heavy atom. The minimum absolute atomic E-state index is 0.373. The van der Waals surface area contributed by atoms with Crippen LogP contribution in [-0.2, 0) is 14.8 Å². The maximum atomic E-state index is 12.1. The predicted molar refractivity (Wildman–Crippen MR) is 100 cm³/mol. The van der Waals surface area contributed by atoms with E-state index in [0.717, 1.165) is 20.6 Å². The number of halogens is 1. The van der Waals surface area contributed by atoms with Crippen molar-refractivity contribution in [3.63, 3.8) is 0 Å². The zero-order valence-corrected chi connectivity index (χ0v) is 16.4. The second-order valence-electron chi connectivity index (χ2n) is 5.40. The third kappa shape index (κ3) is 5.17. The highest BCUT2D eigenvalue weighted by molar-refractivity contribution is 9.10. The lowest BCUT2D eigenvalue weighted by atomic mass is 10.2. The van der Waals surface area contributed by atoms with Crippen LogP contribution >= 0.6 is 15.9 Å². The Kier molecular flexibility index (Phi) is 6.02. The van der Waals surface area contributed by atoms with Gasteiger partial charge in [0, 0.05) is 6.07 Å². The lowest BCUT2D eigenvalue weighted by Crippen LogP contribution is -2.39. The van der Waals surface area contributed by atoms with Crippen LogP contribution in [0.1, 0.15) is 17.1 Å². The van der Waals surface area contributed by atoms with Crippen LogP contribution < -0.4 is 9.73 Å². The highest BCUT2D eigenvalue weighted by Gasteiger charge is 2.21. The number of rotatable bonds is 6. The smallest absolute Gasteiger partial charge is 0.260 e. The molecular formula is C16H18BrN3O4S. The van der Waals surface area contributed by atoms with Crippen LogP contribution in [0.25, 0.3) is 0 Å². The molecule has 7 nitrogen and oxygen atoms in total. The molecule has 9 heteroatoms. The van der Waals surface area contributed by atoms with Crippen molar-refractivity contribution in [2.75, 3.05) is 17.1 Å². The fourth-order valence-corrected chi connectivity index (χ4v) is 3.32. The number of amides is 1. The van der Waals surface area contributed by atoms with Crippen LogP contribution in [0.2, 0.25) is 0 Å². The molecule has 0 spiro atoms. The van der Waals surface area contributed by atoms with Crippen LogP contribution in [0.4, 0.5) is 5.69 Å². The molecule has 25 heavy (non-hydrogen) atoms. The molecule has 0 saturated carbocycles. The molecule has 1 amide bonds. The highest BCUT2D eigenvalue weighted by Crippen LogP contribution is 2.21.